The Hall–Kier alpha value is -2.86. The van der Waals surface area contributed by atoms with Gasteiger partial charge in [0.15, 0.2) is 0 Å². The molecule has 5 nitrogen and oxygen atoms in total. The van der Waals surface area contributed by atoms with Gasteiger partial charge >= 0.3 is 5.97 Å². The second kappa shape index (κ2) is 6.50. The zero-order valence-corrected chi connectivity index (χ0v) is 12.6. The summed E-state index contributed by atoms with van der Waals surface area (Å²) in [7, 11) is 0. The number of thioether (sulfide) groups is 1. The van der Waals surface area contributed by atoms with Gasteiger partial charge < -0.3 is 4.74 Å². The highest BCUT2D eigenvalue weighted by atomic mass is 32.2. The minimum Gasteiger partial charge on any atom is -0.423 e. The van der Waals surface area contributed by atoms with Crippen LogP contribution in [0, 0.1) is 0 Å². The summed E-state index contributed by atoms with van der Waals surface area (Å²) in [5.74, 6) is -0.437. The van der Waals surface area contributed by atoms with Gasteiger partial charge in [0, 0.05) is 0 Å². The average Bonchev–Trinajstić information content (AvgIpc) is 2.87. The van der Waals surface area contributed by atoms with Gasteiger partial charge in [-0.15, -0.1) is 0 Å². The Morgan fingerprint density at radius 1 is 1.00 bits per heavy atom. The van der Waals surface area contributed by atoms with E-state index in [-0.39, 0.29) is 5.24 Å². The van der Waals surface area contributed by atoms with E-state index in [0.717, 1.165) is 17.3 Å². The Bertz CT molecular complexity index is 797. The molecular formula is C17H11NO4S. The molecule has 6 heteroatoms. The summed E-state index contributed by atoms with van der Waals surface area (Å²) in [5.41, 5.74) is 1.20. The highest BCUT2D eigenvalue weighted by Crippen LogP contribution is 2.26. The van der Waals surface area contributed by atoms with Crippen molar-refractivity contribution in [1.29, 1.82) is 0 Å². The minimum atomic E-state index is -0.437. The SMILES string of the molecule is O=C1NC(=O)/C(=C/c2ccc(OC(=O)c3ccccc3)cc2)S1. The van der Waals surface area contributed by atoms with Gasteiger partial charge in [-0.3, -0.25) is 14.9 Å². The number of benzene rings is 2. The highest BCUT2D eigenvalue weighted by Gasteiger charge is 2.24. The first-order valence-corrected chi connectivity index (χ1v) is 7.55. The molecule has 1 N–H and O–H groups in total. The smallest absolute Gasteiger partial charge is 0.343 e. The van der Waals surface area contributed by atoms with Crippen LogP contribution in [0.2, 0.25) is 0 Å². The van der Waals surface area contributed by atoms with Gasteiger partial charge in [0.05, 0.1) is 10.5 Å². The Morgan fingerprint density at radius 3 is 2.30 bits per heavy atom. The molecule has 0 unspecified atom stereocenters. The molecule has 0 spiro atoms. The minimum absolute atomic E-state index is 0.337. The first-order valence-electron chi connectivity index (χ1n) is 6.74. The zero-order chi connectivity index (χ0) is 16.2. The maximum atomic E-state index is 11.9. The van der Waals surface area contributed by atoms with E-state index in [1.54, 1.807) is 54.6 Å². The van der Waals surface area contributed by atoms with E-state index < -0.39 is 11.9 Å². The molecule has 3 rings (SSSR count). The maximum Gasteiger partial charge on any atom is 0.343 e. The van der Waals surface area contributed by atoms with Gasteiger partial charge in [-0.2, -0.15) is 0 Å². The lowest BCUT2D eigenvalue weighted by molar-refractivity contribution is -0.115. The molecule has 0 aliphatic carbocycles. The fourth-order valence-corrected chi connectivity index (χ4v) is 2.63. The standard InChI is InChI=1S/C17H11NO4S/c19-15-14(23-17(21)18-15)10-11-6-8-13(9-7-11)22-16(20)12-4-2-1-3-5-12/h1-10H,(H,18,19,21)/b14-10-. The third kappa shape index (κ3) is 3.67. The summed E-state index contributed by atoms with van der Waals surface area (Å²) < 4.78 is 5.27. The second-order valence-corrected chi connectivity index (χ2v) is 5.69. The third-order valence-electron chi connectivity index (χ3n) is 3.04. The molecule has 0 radical (unpaired) electrons. The number of imide groups is 1. The van der Waals surface area contributed by atoms with E-state index in [9.17, 15) is 14.4 Å². The van der Waals surface area contributed by atoms with Gasteiger partial charge in [0.2, 0.25) is 0 Å². The van der Waals surface area contributed by atoms with Crippen molar-refractivity contribution in [3.8, 4) is 5.75 Å². The number of carbonyl (C=O) groups excluding carboxylic acids is 3. The van der Waals surface area contributed by atoms with Crippen LogP contribution in [-0.2, 0) is 4.79 Å². The number of esters is 1. The third-order valence-corrected chi connectivity index (χ3v) is 3.85. The van der Waals surface area contributed by atoms with E-state index in [1.807, 2.05) is 6.07 Å². The molecule has 2 aromatic carbocycles. The van der Waals surface area contributed by atoms with Gasteiger partial charge in [-0.25, -0.2) is 4.79 Å². The van der Waals surface area contributed by atoms with Crippen LogP contribution in [-0.4, -0.2) is 17.1 Å². The summed E-state index contributed by atoms with van der Waals surface area (Å²) in [6.45, 7) is 0. The summed E-state index contributed by atoms with van der Waals surface area (Å²) in [6, 6.07) is 15.4. The van der Waals surface area contributed by atoms with Crippen LogP contribution in [0.3, 0.4) is 0 Å². The van der Waals surface area contributed by atoms with Gasteiger partial charge in [0.1, 0.15) is 5.75 Å². The predicted octanol–water partition coefficient (Wildman–Crippen LogP) is 3.23. The van der Waals surface area contributed by atoms with Crippen LogP contribution in [0.1, 0.15) is 15.9 Å². The lowest BCUT2D eigenvalue weighted by Crippen LogP contribution is -2.17. The lowest BCUT2D eigenvalue weighted by Gasteiger charge is -2.04. The molecule has 2 amide bonds. The van der Waals surface area contributed by atoms with Crippen LogP contribution in [0.4, 0.5) is 4.79 Å². The van der Waals surface area contributed by atoms with Crippen molar-refractivity contribution in [1.82, 2.24) is 5.32 Å². The monoisotopic (exact) mass is 325 g/mol. The molecule has 2 aromatic rings. The molecule has 1 saturated heterocycles. The quantitative estimate of drug-likeness (QED) is 0.533. The highest BCUT2D eigenvalue weighted by molar-refractivity contribution is 8.18. The largest absolute Gasteiger partial charge is 0.423 e. The Labute approximate surface area is 136 Å². The molecule has 1 heterocycles. The average molecular weight is 325 g/mol. The van der Waals surface area contributed by atoms with E-state index in [1.165, 1.54) is 0 Å². The van der Waals surface area contributed by atoms with Crippen LogP contribution in [0.25, 0.3) is 6.08 Å². The number of ether oxygens (including phenoxy) is 1. The number of carbonyl (C=O) groups is 3. The van der Waals surface area contributed by atoms with Crippen molar-refractivity contribution in [3.63, 3.8) is 0 Å². The summed E-state index contributed by atoms with van der Waals surface area (Å²) in [6.07, 6.45) is 1.60. The molecule has 0 bridgehead atoms. The van der Waals surface area contributed by atoms with Crippen molar-refractivity contribution in [2.24, 2.45) is 0 Å². The van der Waals surface area contributed by atoms with E-state index in [0.29, 0.717) is 16.2 Å². The summed E-state index contributed by atoms with van der Waals surface area (Å²) in [5, 5.41) is 1.81. The number of hydrogen-bond acceptors (Lipinski definition) is 5. The van der Waals surface area contributed by atoms with E-state index >= 15 is 0 Å². The molecule has 0 saturated carbocycles. The summed E-state index contributed by atoms with van der Waals surface area (Å²) >= 11 is 0.857. The topological polar surface area (TPSA) is 72.5 Å². The molecular weight excluding hydrogens is 314 g/mol. The second-order valence-electron chi connectivity index (χ2n) is 4.68. The zero-order valence-electron chi connectivity index (χ0n) is 11.8. The maximum absolute atomic E-state index is 11.9. The van der Waals surface area contributed by atoms with Crippen LogP contribution in [0.15, 0.2) is 59.5 Å². The van der Waals surface area contributed by atoms with Crippen molar-refractivity contribution < 1.29 is 19.1 Å². The van der Waals surface area contributed by atoms with Crippen LogP contribution >= 0.6 is 11.8 Å². The number of nitrogens with one attached hydrogen (secondary N) is 1. The van der Waals surface area contributed by atoms with E-state index in [2.05, 4.69) is 5.32 Å². The van der Waals surface area contributed by atoms with Crippen LogP contribution in [0.5, 0.6) is 5.75 Å². The fourth-order valence-electron chi connectivity index (χ4n) is 1.94. The van der Waals surface area contributed by atoms with Gasteiger partial charge in [-0.1, -0.05) is 30.3 Å². The van der Waals surface area contributed by atoms with Crippen LogP contribution < -0.4 is 10.1 Å². The molecule has 1 aliphatic rings. The first kappa shape index (κ1) is 15.1. The van der Waals surface area contributed by atoms with Crippen molar-refractivity contribution in [2.75, 3.05) is 0 Å². The number of amides is 2. The predicted molar refractivity (Wildman–Crippen MR) is 86.9 cm³/mol. The molecule has 1 aliphatic heterocycles. The number of rotatable bonds is 3. The Morgan fingerprint density at radius 2 is 1.70 bits per heavy atom. The van der Waals surface area contributed by atoms with Gasteiger partial charge in [0.25, 0.3) is 11.1 Å². The van der Waals surface area contributed by atoms with Crippen molar-refractivity contribution >= 4 is 35.0 Å². The lowest BCUT2D eigenvalue weighted by atomic mass is 10.2. The number of hydrogen-bond donors (Lipinski definition) is 1. The molecule has 1 fully saturated rings. The Kier molecular flexibility index (Phi) is 4.25. The fraction of sp³-hybridized carbons (Fsp3) is 0. The summed E-state index contributed by atoms with van der Waals surface area (Å²) in [4.78, 5) is 34.8. The molecule has 23 heavy (non-hydrogen) atoms. The van der Waals surface area contributed by atoms with E-state index in [4.69, 9.17) is 4.74 Å². The van der Waals surface area contributed by atoms with Crippen molar-refractivity contribution in [2.45, 2.75) is 0 Å². The van der Waals surface area contributed by atoms with Gasteiger partial charge in [-0.05, 0) is 47.7 Å². The Balaban J connectivity index is 1.70. The molecule has 0 atom stereocenters. The first-order chi connectivity index (χ1) is 11.1. The van der Waals surface area contributed by atoms with Crippen molar-refractivity contribution in [3.05, 3.63) is 70.6 Å². The normalized spacial score (nSPS) is 15.6. The molecule has 0 aromatic heterocycles. The molecule has 114 valence electrons.